The van der Waals surface area contributed by atoms with E-state index in [2.05, 4.69) is 5.32 Å². The number of anilines is 1. The summed E-state index contributed by atoms with van der Waals surface area (Å²) in [4.78, 5) is 41.0. The van der Waals surface area contributed by atoms with Gasteiger partial charge < -0.3 is 10.2 Å². The third-order valence-electron chi connectivity index (χ3n) is 6.40. The molecule has 1 N–H and O–H groups in total. The van der Waals surface area contributed by atoms with Gasteiger partial charge in [0.25, 0.3) is 0 Å². The molecule has 9 heteroatoms. The number of carbonyl (C=O) groups is 3. The molecule has 3 rings (SSSR count). The Kier molecular flexibility index (Phi) is 10.2. The number of benzene rings is 3. The van der Waals surface area contributed by atoms with E-state index in [1.54, 1.807) is 12.1 Å². The average Bonchev–Trinajstić information content (AvgIpc) is 2.89. The number of hydrogen-bond donors (Lipinski definition) is 1. The summed E-state index contributed by atoms with van der Waals surface area (Å²) in [5, 5.41) is 2.93. The Morgan fingerprint density at radius 1 is 0.875 bits per heavy atom. The van der Waals surface area contributed by atoms with Gasteiger partial charge in [0, 0.05) is 24.6 Å². The third kappa shape index (κ3) is 8.51. The Morgan fingerprint density at radius 2 is 1.52 bits per heavy atom. The summed E-state index contributed by atoms with van der Waals surface area (Å²) >= 11 is 0. The molecular weight excluding hydrogens is 526 g/mol. The van der Waals surface area contributed by atoms with Crippen LogP contribution >= 0.6 is 0 Å². The fraction of sp³-hybridized carbons (Fsp3) is 0.323. The number of hydrogen-bond acceptors (Lipinski definition) is 5. The van der Waals surface area contributed by atoms with Crippen LogP contribution in [0.15, 0.2) is 78.9 Å². The van der Waals surface area contributed by atoms with E-state index in [4.69, 9.17) is 0 Å². The highest BCUT2D eigenvalue weighted by Gasteiger charge is 2.33. The third-order valence-corrected chi connectivity index (χ3v) is 7.54. The molecule has 212 valence electrons. The highest BCUT2D eigenvalue weighted by Crippen LogP contribution is 2.22. The van der Waals surface area contributed by atoms with Crippen LogP contribution in [0.25, 0.3) is 0 Å². The van der Waals surface area contributed by atoms with Crippen molar-refractivity contribution < 1.29 is 22.8 Å². The van der Waals surface area contributed by atoms with Crippen LogP contribution in [0.2, 0.25) is 0 Å². The lowest BCUT2D eigenvalue weighted by Gasteiger charge is -2.34. The largest absolute Gasteiger partial charge is 0.352 e. The minimum Gasteiger partial charge on any atom is -0.352 e. The fourth-order valence-corrected chi connectivity index (χ4v) is 5.16. The van der Waals surface area contributed by atoms with E-state index in [1.165, 1.54) is 24.0 Å². The second kappa shape index (κ2) is 13.4. The SMILES string of the molecule is CC(=O)c1cccc(N(CC(=O)N(Cc2ccc(C)cc2)C(Cc2ccccc2)C(=O)NC(C)C)S(C)(=O)=O)c1. The predicted octanol–water partition coefficient (Wildman–Crippen LogP) is 4.13. The first-order chi connectivity index (χ1) is 18.8. The van der Waals surface area contributed by atoms with Crippen LogP contribution in [-0.2, 0) is 32.6 Å². The molecule has 8 nitrogen and oxygen atoms in total. The van der Waals surface area contributed by atoms with Crippen molar-refractivity contribution in [3.63, 3.8) is 0 Å². The number of amides is 2. The lowest BCUT2D eigenvalue weighted by atomic mass is 10.0. The molecule has 0 aliphatic carbocycles. The Balaban J connectivity index is 2.07. The normalized spacial score (nSPS) is 12.1. The number of aryl methyl sites for hydroxylation is 1. The molecule has 0 fully saturated rings. The van der Waals surface area contributed by atoms with Crippen LogP contribution in [-0.4, -0.2) is 55.8 Å². The van der Waals surface area contributed by atoms with Crippen molar-refractivity contribution in [3.05, 3.63) is 101 Å². The Labute approximate surface area is 237 Å². The number of rotatable bonds is 12. The van der Waals surface area contributed by atoms with Crippen molar-refractivity contribution in [2.45, 2.75) is 52.7 Å². The van der Waals surface area contributed by atoms with Crippen LogP contribution in [0.4, 0.5) is 5.69 Å². The van der Waals surface area contributed by atoms with E-state index in [-0.39, 0.29) is 36.4 Å². The van der Waals surface area contributed by atoms with Gasteiger partial charge in [-0.15, -0.1) is 0 Å². The summed E-state index contributed by atoms with van der Waals surface area (Å²) in [6, 6.07) is 22.1. The van der Waals surface area contributed by atoms with Crippen molar-refractivity contribution >= 4 is 33.3 Å². The van der Waals surface area contributed by atoms with Gasteiger partial charge in [0.1, 0.15) is 12.6 Å². The molecule has 1 atom stereocenters. The summed E-state index contributed by atoms with van der Waals surface area (Å²) < 4.78 is 26.8. The molecule has 0 radical (unpaired) electrons. The topological polar surface area (TPSA) is 104 Å². The van der Waals surface area contributed by atoms with E-state index in [1.807, 2.05) is 75.4 Å². The number of nitrogens with zero attached hydrogens (tertiary/aromatic N) is 2. The van der Waals surface area contributed by atoms with Crippen LogP contribution in [0.5, 0.6) is 0 Å². The first-order valence-corrected chi connectivity index (χ1v) is 15.0. The van der Waals surface area contributed by atoms with Gasteiger partial charge >= 0.3 is 0 Å². The maximum Gasteiger partial charge on any atom is 0.244 e. The molecule has 3 aromatic carbocycles. The maximum absolute atomic E-state index is 14.1. The smallest absolute Gasteiger partial charge is 0.244 e. The predicted molar refractivity (Wildman–Crippen MR) is 158 cm³/mol. The Bertz CT molecular complexity index is 1440. The number of ketones is 1. The number of nitrogens with one attached hydrogen (secondary N) is 1. The summed E-state index contributed by atoms with van der Waals surface area (Å²) in [5.74, 6) is -1.10. The summed E-state index contributed by atoms with van der Waals surface area (Å²) in [6.07, 6.45) is 1.26. The highest BCUT2D eigenvalue weighted by molar-refractivity contribution is 7.92. The van der Waals surface area contributed by atoms with Crippen molar-refractivity contribution in [2.75, 3.05) is 17.1 Å². The van der Waals surface area contributed by atoms with Gasteiger partial charge in [-0.1, -0.05) is 72.3 Å². The lowest BCUT2D eigenvalue weighted by molar-refractivity contribution is -0.140. The molecule has 0 aliphatic heterocycles. The second-order valence-electron chi connectivity index (χ2n) is 10.3. The zero-order chi connectivity index (χ0) is 29.4. The summed E-state index contributed by atoms with van der Waals surface area (Å²) in [6.45, 7) is 6.60. The Morgan fingerprint density at radius 3 is 2.10 bits per heavy atom. The van der Waals surface area contributed by atoms with Gasteiger partial charge in [0.15, 0.2) is 5.78 Å². The quantitative estimate of drug-likeness (QED) is 0.334. The van der Waals surface area contributed by atoms with Gasteiger partial charge in [0.05, 0.1) is 11.9 Å². The van der Waals surface area contributed by atoms with Gasteiger partial charge in [-0.2, -0.15) is 0 Å². The van der Waals surface area contributed by atoms with E-state index < -0.39 is 28.5 Å². The molecule has 0 spiro atoms. The molecule has 2 amide bonds. The number of Topliss-reactive ketones (excluding diaryl/α,β-unsaturated/α-hetero) is 1. The van der Waals surface area contributed by atoms with Crippen molar-refractivity contribution in [3.8, 4) is 0 Å². The van der Waals surface area contributed by atoms with Crippen molar-refractivity contribution in [1.82, 2.24) is 10.2 Å². The van der Waals surface area contributed by atoms with Crippen LogP contribution in [0.3, 0.4) is 0 Å². The molecular formula is C31H37N3O5S. The number of carbonyl (C=O) groups excluding carboxylic acids is 3. The molecule has 0 saturated carbocycles. The van der Waals surface area contributed by atoms with E-state index in [9.17, 15) is 22.8 Å². The molecule has 0 aromatic heterocycles. The molecule has 0 saturated heterocycles. The zero-order valence-corrected chi connectivity index (χ0v) is 24.4. The van der Waals surface area contributed by atoms with E-state index in [0.29, 0.717) is 5.56 Å². The minimum absolute atomic E-state index is 0.104. The molecule has 3 aromatic rings. The first-order valence-electron chi connectivity index (χ1n) is 13.1. The van der Waals surface area contributed by atoms with Crippen LogP contribution in [0.1, 0.15) is 47.8 Å². The molecule has 40 heavy (non-hydrogen) atoms. The average molecular weight is 564 g/mol. The first kappa shape index (κ1) is 30.6. The van der Waals surface area contributed by atoms with Gasteiger partial charge in [-0.05, 0) is 51.0 Å². The maximum atomic E-state index is 14.1. The lowest BCUT2D eigenvalue weighted by Crippen LogP contribution is -2.54. The van der Waals surface area contributed by atoms with E-state index >= 15 is 0 Å². The second-order valence-corrected chi connectivity index (χ2v) is 12.2. The minimum atomic E-state index is -3.92. The molecule has 0 heterocycles. The summed E-state index contributed by atoms with van der Waals surface area (Å²) in [5.41, 5.74) is 3.24. The van der Waals surface area contributed by atoms with Gasteiger partial charge in [0.2, 0.25) is 21.8 Å². The van der Waals surface area contributed by atoms with Crippen LogP contribution < -0.4 is 9.62 Å². The summed E-state index contributed by atoms with van der Waals surface area (Å²) in [7, 11) is -3.92. The molecule has 1 unspecified atom stereocenters. The fourth-order valence-electron chi connectivity index (χ4n) is 4.32. The number of sulfonamides is 1. The van der Waals surface area contributed by atoms with Gasteiger partial charge in [-0.3, -0.25) is 18.7 Å². The van der Waals surface area contributed by atoms with Crippen molar-refractivity contribution in [2.24, 2.45) is 0 Å². The highest BCUT2D eigenvalue weighted by atomic mass is 32.2. The van der Waals surface area contributed by atoms with Crippen molar-refractivity contribution in [1.29, 1.82) is 0 Å². The molecule has 0 aliphatic rings. The molecule has 0 bridgehead atoms. The monoisotopic (exact) mass is 563 g/mol. The van der Waals surface area contributed by atoms with E-state index in [0.717, 1.165) is 27.3 Å². The standard InChI is InChI=1S/C31H37N3O5S/c1-22(2)32-31(37)29(18-25-10-7-6-8-11-25)33(20-26-16-14-23(3)15-17-26)30(36)21-34(40(5,38)39)28-13-9-12-27(19-28)24(4)35/h6-17,19,22,29H,18,20-21H2,1-5H3,(H,32,37). The zero-order valence-electron chi connectivity index (χ0n) is 23.6. The van der Waals surface area contributed by atoms with Gasteiger partial charge in [-0.25, -0.2) is 8.42 Å². The van der Waals surface area contributed by atoms with Crippen LogP contribution in [0, 0.1) is 6.92 Å². The Hall–Kier alpha value is -3.98.